The Labute approximate surface area is 125 Å². The van der Waals surface area contributed by atoms with Crippen molar-refractivity contribution in [1.82, 2.24) is 24.1 Å². The van der Waals surface area contributed by atoms with Crippen LogP contribution in [-0.2, 0) is 23.5 Å². The number of nitrogens with zero attached hydrogens (tertiary/aromatic N) is 4. The molecular formula is C13H21N5O2S. The van der Waals surface area contributed by atoms with Gasteiger partial charge in [-0.05, 0) is 32.3 Å². The van der Waals surface area contributed by atoms with Crippen molar-refractivity contribution in [2.24, 2.45) is 7.05 Å². The van der Waals surface area contributed by atoms with Gasteiger partial charge in [0.05, 0.1) is 12.0 Å². The highest BCUT2D eigenvalue weighted by Crippen LogP contribution is 2.15. The zero-order valence-corrected chi connectivity index (χ0v) is 13.6. The van der Waals surface area contributed by atoms with Crippen molar-refractivity contribution in [3.63, 3.8) is 0 Å². The summed E-state index contributed by atoms with van der Waals surface area (Å²) in [6.07, 6.45) is 4.54. The van der Waals surface area contributed by atoms with Gasteiger partial charge >= 0.3 is 0 Å². The molecule has 2 aromatic rings. The zero-order chi connectivity index (χ0) is 15.6. The number of aromatic nitrogens is 4. The summed E-state index contributed by atoms with van der Waals surface area (Å²) in [7, 11) is -0.173. The molecule has 0 spiro atoms. The maximum absolute atomic E-state index is 12.3. The average Bonchev–Trinajstić information content (AvgIpc) is 2.99. The first-order valence-electron chi connectivity index (χ1n) is 6.77. The molecule has 0 fully saturated rings. The molecular weight excluding hydrogens is 290 g/mol. The van der Waals surface area contributed by atoms with E-state index in [2.05, 4.69) is 15.2 Å². The Hall–Kier alpha value is -1.67. The van der Waals surface area contributed by atoms with Gasteiger partial charge in [-0.2, -0.15) is 9.40 Å². The number of H-pyrrole nitrogens is 1. The third kappa shape index (κ3) is 3.33. The molecule has 0 aromatic carbocycles. The van der Waals surface area contributed by atoms with Crippen LogP contribution >= 0.6 is 0 Å². The Morgan fingerprint density at radius 1 is 1.38 bits per heavy atom. The van der Waals surface area contributed by atoms with Crippen LogP contribution in [0.25, 0.3) is 0 Å². The minimum absolute atomic E-state index is 0.0863. The quantitative estimate of drug-likeness (QED) is 0.863. The highest BCUT2D eigenvalue weighted by molar-refractivity contribution is 7.89. The standard InChI is InChI=1S/C13H21N5O2S/c1-10-12(11(2)16-15-10)6-5-7-18(4)21(19,20)13-8-17(3)9-14-13/h8-9H,5-7H2,1-4H3,(H,15,16). The number of aromatic amines is 1. The first kappa shape index (κ1) is 15.7. The van der Waals surface area contributed by atoms with Crippen LogP contribution in [0.2, 0.25) is 0 Å². The van der Waals surface area contributed by atoms with Crippen molar-refractivity contribution < 1.29 is 8.42 Å². The minimum Gasteiger partial charge on any atom is -0.339 e. The molecule has 0 aliphatic rings. The molecule has 8 heteroatoms. The molecule has 0 saturated carbocycles. The summed E-state index contributed by atoms with van der Waals surface area (Å²) in [5.74, 6) is 0. The summed E-state index contributed by atoms with van der Waals surface area (Å²) in [5.41, 5.74) is 3.18. The van der Waals surface area contributed by atoms with Gasteiger partial charge in [-0.25, -0.2) is 13.4 Å². The number of nitrogens with one attached hydrogen (secondary N) is 1. The summed E-state index contributed by atoms with van der Waals surface area (Å²) in [5, 5.41) is 7.17. The first-order chi connectivity index (χ1) is 9.82. The molecule has 0 aliphatic carbocycles. The van der Waals surface area contributed by atoms with E-state index in [0.717, 1.165) is 24.2 Å². The second-order valence-corrected chi connectivity index (χ2v) is 7.21. The van der Waals surface area contributed by atoms with E-state index in [-0.39, 0.29) is 5.03 Å². The van der Waals surface area contributed by atoms with E-state index in [1.54, 1.807) is 18.7 Å². The van der Waals surface area contributed by atoms with Crippen LogP contribution in [0.1, 0.15) is 23.4 Å². The van der Waals surface area contributed by atoms with Gasteiger partial charge in [-0.1, -0.05) is 0 Å². The van der Waals surface area contributed by atoms with Gasteiger partial charge in [0.15, 0.2) is 5.03 Å². The molecule has 0 radical (unpaired) electrons. The molecule has 2 heterocycles. The molecule has 0 aliphatic heterocycles. The van der Waals surface area contributed by atoms with Crippen molar-refractivity contribution in [3.8, 4) is 0 Å². The highest BCUT2D eigenvalue weighted by Gasteiger charge is 2.22. The molecule has 0 bridgehead atoms. The third-order valence-electron chi connectivity index (χ3n) is 3.54. The topological polar surface area (TPSA) is 83.9 Å². The predicted octanol–water partition coefficient (Wildman–Crippen LogP) is 1.01. The van der Waals surface area contributed by atoms with Crippen LogP contribution in [0.5, 0.6) is 0 Å². The number of aryl methyl sites for hydroxylation is 3. The monoisotopic (exact) mass is 311 g/mol. The fourth-order valence-electron chi connectivity index (χ4n) is 2.22. The Morgan fingerprint density at radius 2 is 2.10 bits per heavy atom. The lowest BCUT2D eigenvalue weighted by molar-refractivity contribution is 0.459. The SMILES string of the molecule is Cc1n[nH]c(C)c1CCCN(C)S(=O)(=O)c1cn(C)cn1. The van der Waals surface area contributed by atoms with E-state index >= 15 is 0 Å². The van der Waals surface area contributed by atoms with E-state index in [1.165, 1.54) is 22.4 Å². The number of sulfonamides is 1. The lowest BCUT2D eigenvalue weighted by Gasteiger charge is -2.15. The molecule has 1 N–H and O–H groups in total. The smallest absolute Gasteiger partial charge is 0.261 e. The average molecular weight is 311 g/mol. The molecule has 2 rings (SSSR count). The van der Waals surface area contributed by atoms with E-state index in [4.69, 9.17) is 0 Å². The summed E-state index contributed by atoms with van der Waals surface area (Å²) in [6, 6.07) is 0. The summed E-state index contributed by atoms with van der Waals surface area (Å²) in [6.45, 7) is 4.37. The van der Waals surface area contributed by atoms with Gasteiger partial charge in [0.25, 0.3) is 10.0 Å². The Bertz CT molecular complexity index is 697. The zero-order valence-electron chi connectivity index (χ0n) is 12.8. The lowest BCUT2D eigenvalue weighted by atomic mass is 10.1. The van der Waals surface area contributed by atoms with Crippen LogP contribution in [-0.4, -0.2) is 46.1 Å². The van der Waals surface area contributed by atoms with Crippen LogP contribution in [0.4, 0.5) is 0 Å². The molecule has 116 valence electrons. The van der Waals surface area contributed by atoms with Gasteiger partial charge in [0, 0.05) is 32.5 Å². The largest absolute Gasteiger partial charge is 0.339 e. The van der Waals surface area contributed by atoms with E-state index in [0.29, 0.717) is 6.54 Å². The maximum atomic E-state index is 12.3. The van der Waals surface area contributed by atoms with Crippen molar-refractivity contribution >= 4 is 10.0 Å². The van der Waals surface area contributed by atoms with Gasteiger partial charge in [0.2, 0.25) is 0 Å². The molecule has 7 nitrogen and oxygen atoms in total. The van der Waals surface area contributed by atoms with Gasteiger partial charge in [-0.15, -0.1) is 0 Å². The summed E-state index contributed by atoms with van der Waals surface area (Å²) >= 11 is 0. The number of hydrogen-bond donors (Lipinski definition) is 1. The number of rotatable bonds is 6. The summed E-state index contributed by atoms with van der Waals surface area (Å²) in [4.78, 5) is 3.91. The minimum atomic E-state index is -3.50. The van der Waals surface area contributed by atoms with Crippen LogP contribution < -0.4 is 0 Å². The van der Waals surface area contributed by atoms with Crippen LogP contribution in [0.15, 0.2) is 17.6 Å². The Kier molecular flexibility index (Phi) is 4.48. The fourth-order valence-corrected chi connectivity index (χ4v) is 3.39. The van der Waals surface area contributed by atoms with Crippen molar-refractivity contribution in [2.75, 3.05) is 13.6 Å². The number of imidazole rings is 1. The molecule has 0 unspecified atom stereocenters. The maximum Gasteiger partial charge on any atom is 0.261 e. The Balaban J connectivity index is 1.97. The van der Waals surface area contributed by atoms with E-state index < -0.39 is 10.0 Å². The normalized spacial score (nSPS) is 12.2. The summed E-state index contributed by atoms with van der Waals surface area (Å²) < 4.78 is 27.6. The van der Waals surface area contributed by atoms with Crippen LogP contribution in [0, 0.1) is 13.8 Å². The fraction of sp³-hybridized carbons (Fsp3) is 0.538. The van der Waals surface area contributed by atoms with Gasteiger partial charge < -0.3 is 4.57 Å². The molecule has 0 saturated heterocycles. The second kappa shape index (κ2) is 5.98. The second-order valence-electron chi connectivity index (χ2n) is 5.22. The molecule has 2 aromatic heterocycles. The van der Waals surface area contributed by atoms with Crippen molar-refractivity contribution in [3.05, 3.63) is 29.5 Å². The van der Waals surface area contributed by atoms with Crippen molar-refractivity contribution in [2.45, 2.75) is 31.7 Å². The molecule has 0 atom stereocenters. The first-order valence-corrected chi connectivity index (χ1v) is 8.21. The van der Waals surface area contributed by atoms with Gasteiger partial charge in [-0.3, -0.25) is 5.10 Å². The van der Waals surface area contributed by atoms with Gasteiger partial charge in [0.1, 0.15) is 0 Å². The lowest BCUT2D eigenvalue weighted by Crippen LogP contribution is -2.28. The Morgan fingerprint density at radius 3 is 2.62 bits per heavy atom. The van der Waals surface area contributed by atoms with Crippen molar-refractivity contribution in [1.29, 1.82) is 0 Å². The van der Waals surface area contributed by atoms with E-state index in [1.807, 2.05) is 13.8 Å². The highest BCUT2D eigenvalue weighted by atomic mass is 32.2. The molecule has 0 amide bonds. The van der Waals surface area contributed by atoms with E-state index in [9.17, 15) is 8.42 Å². The number of hydrogen-bond acceptors (Lipinski definition) is 4. The molecule has 21 heavy (non-hydrogen) atoms. The van der Waals surface area contributed by atoms with Crippen LogP contribution in [0.3, 0.4) is 0 Å². The third-order valence-corrected chi connectivity index (χ3v) is 5.28. The predicted molar refractivity (Wildman–Crippen MR) is 79.4 cm³/mol.